The Balaban J connectivity index is 1.80. The maximum Gasteiger partial charge on any atom is 0.257 e. The topological polar surface area (TPSA) is 66.0 Å². The second kappa shape index (κ2) is 5.93. The van der Waals surface area contributed by atoms with Gasteiger partial charge in [-0.3, -0.25) is 9.59 Å². The van der Waals surface area contributed by atoms with Crippen LogP contribution in [-0.4, -0.2) is 42.4 Å². The number of carbonyl (C=O) groups is 2. The van der Waals surface area contributed by atoms with Gasteiger partial charge >= 0.3 is 0 Å². The number of hydrogen-bond donors (Lipinski definition) is 2. The molecule has 0 unspecified atom stereocenters. The highest BCUT2D eigenvalue weighted by atomic mass is 19.1. The number of hydrogen-bond acceptors (Lipinski definition) is 2. The van der Waals surface area contributed by atoms with Crippen molar-refractivity contribution in [2.75, 3.05) is 25.0 Å². The summed E-state index contributed by atoms with van der Waals surface area (Å²) >= 11 is 0. The van der Waals surface area contributed by atoms with Crippen LogP contribution in [0.2, 0.25) is 0 Å². The number of amides is 2. The van der Waals surface area contributed by atoms with Crippen LogP contribution in [0.4, 0.5) is 14.5 Å². The number of quaternary nitrogens is 1. The molecule has 0 aromatic heterocycles. The minimum atomic E-state index is -0.699. The number of benzene rings is 2. The van der Waals surface area contributed by atoms with Crippen LogP contribution in [0.25, 0.3) is 11.1 Å². The van der Waals surface area contributed by atoms with Gasteiger partial charge in [-0.1, -0.05) is 6.07 Å². The van der Waals surface area contributed by atoms with Gasteiger partial charge in [0, 0.05) is 11.6 Å². The number of nitrogens with two attached hydrogens (primary N) is 1. The average Bonchev–Trinajstić information content (AvgIpc) is 2.71. The first-order chi connectivity index (χ1) is 12.0. The van der Waals surface area contributed by atoms with Crippen molar-refractivity contribution in [1.82, 2.24) is 4.90 Å². The van der Waals surface area contributed by atoms with Crippen molar-refractivity contribution in [3.8, 4) is 11.1 Å². The van der Waals surface area contributed by atoms with Gasteiger partial charge in [0.05, 0.1) is 24.3 Å². The summed E-state index contributed by atoms with van der Waals surface area (Å²) in [7, 11) is 0. The molecule has 2 aromatic carbocycles. The zero-order valence-corrected chi connectivity index (χ0v) is 13.3. The van der Waals surface area contributed by atoms with Crippen molar-refractivity contribution < 1.29 is 23.7 Å². The van der Waals surface area contributed by atoms with Crippen LogP contribution >= 0.6 is 0 Å². The number of carbonyl (C=O) groups excluding carboxylic acids is 2. The maximum absolute atomic E-state index is 14.1. The number of halogens is 2. The van der Waals surface area contributed by atoms with E-state index < -0.39 is 17.7 Å². The van der Waals surface area contributed by atoms with Crippen LogP contribution in [0.1, 0.15) is 10.4 Å². The molecule has 2 aromatic rings. The molecule has 2 aliphatic heterocycles. The fraction of sp³-hybridized carbons (Fsp3) is 0.222. The summed E-state index contributed by atoms with van der Waals surface area (Å²) in [5.74, 6) is -1.83. The minimum Gasteiger partial charge on any atom is -0.343 e. The van der Waals surface area contributed by atoms with E-state index in [2.05, 4.69) is 5.32 Å². The lowest BCUT2D eigenvalue weighted by Gasteiger charge is -2.30. The third kappa shape index (κ3) is 2.66. The van der Waals surface area contributed by atoms with E-state index in [1.807, 2.05) is 5.32 Å². The third-order valence-corrected chi connectivity index (χ3v) is 4.65. The summed E-state index contributed by atoms with van der Waals surface area (Å²) in [6.07, 6.45) is 0. The minimum absolute atomic E-state index is 0.205. The summed E-state index contributed by atoms with van der Waals surface area (Å²) < 4.78 is 27.2. The van der Waals surface area contributed by atoms with Crippen molar-refractivity contribution in [2.24, 2.45) is 0 Å². The average molecular weight is 344 g/mol. The Labute approximate surface area is 142 Å². The first-order valence-electron chi connectivity index (χ1n) is 8.07. The molecule has 5 nitrogen and oxygen atoms in total. The molecule has 128 valence electrons. The molecule has 2 heterocycles. The quantitative estimate of drug-likeness (QED) is 0.810. The van der Waals surface area contributed by atoms with Crippen LogP contribution in [0.15, 0.2) is 36.4 Å². The molecular formula is C18H16F2N3O2+. The van der Waals surface area contributed by atoms with E-state index in [9.17, 15) is 18.4 Å². The van der Waals surface area contributed by atoms with Crippen LogP contribution in [0, 0.1) is 11.6 Å². The lowest BCUT2D eigenvalue weighted by atomic mass is 10.0. The summed E-state index contributed by atoms with van der Waals surface area (Å²) in [6.45, 7) is 1.73. The van der Waals surface area contributed by atoms with Gasteiger partial charge in [-0.2, -0.15) is 0 Å². The summed E-state index contributed by atoms with van der Waals surface area (Å²) in [5.41, 5.74) is 1.40. The molecule has 2 aliphatic rings. The van der Waals surface area contributed by atoms with Gasteiger partial charge in [-0.15, -0.1) is 0 Å². The second-order valence-electron chi connectivity index (χ2n) is 6.20. The summed E-state index contributed by atoms with van der Waals surface area (Å²) in [6, 6.07) is 7.55. The van der Waals surface area contributed by atoms with Gasteiger partial charge in [0.15, 0.2) is 6.04 Å². The van der Waals surface area contributed by atoms with Crippen molar-refractivity contribution in [1.29, 1.82) is 0 Å². The molecule has 0 saturated carbocycles. The van der Waals surface area contributed by atoms with Crippen LogP contribution in [-0.2, 0) is 4.79 Å². The van der Waals surface area contributed by atoms with Gasteiger partial charge in [0.2, 0.25) is 0 Å². The molecule has 1 atom stereocenters. The van der Waals surface area contributed by atoms with Gasteiger partial charge in [0.1, 0.15) is 18.2 Å². The molecule has 0 radical (unpaired) electrons. The van der Waals surface area contributed by atoms with E-state index in [4.69, 9.17) is 0 Å². The molecule has 0 spiro atoms. The highest BCUT2D eigenvalue weighted by Gasteiger charge is 2.38. The Morgan fingerprint density at radius 2 is 1.92 bits per heavy atom. The van der Waals surface area contributed by atoms with Crippen molar-refractivity contribution in [3.05, 3.63) is 53.6 Å². The van der Waals surface area contributed by atoms with Crippen LogP contribution in [0.3, 0.4) is 0 Å². The van der Waals surface area contributed by atoms with E-state index in [1.54, 1.807) is 23.1 Å². The molecule has 1 fully saturated rings. The van der Waals surface area contributed by atoms with Gasteiger partial charge in [-0.25, -0.2) is 8.78 Å². The normalized spacial score (nSPS) is 19.8. The predicted molar refractivity (Wildman–Crippen MR) is 86.9 cm³/mol. The van der Waals surface area contributed by atoms with Gasteiger partial charge in [0.25, 0.3) is 11.8 Å². The standard InChI is InChI=1S/C18H15F2N3O2/c19-11-2-3-12(14(20)8-11)10-1-4-15-13(7-10)18(25)23-6-5-21-9-16(23)17(24)22-15/h1-4,7-8,16,21H,5-6,9H2,(H,22,24)/p+1/t16-/m0/s1. The Bertz CT molecular complexity index is 885. The van der Waals surface area contributed by atoms with E-state index in [-0.39, 0.29) is 17.4 Å². The Morgan fingerprint density at radius 3 is 2.72 bits per heavy atom. The Kier molecular flexibility index (Phi) is 3.73. The molecule has 2 amide bonds. The molecule has 4 rings (SSSR count). The summed E-state index contributed by atoms with van der Waals surface area (Å²) in [5, 5.41) is 4.78. The number of nitrogens with one attached hydrogen (secondary N) is 1. The number of rotatable bonds is 1. The fourth-order valence-corrected chi connectivity index (χ4v) is 3.37. The molecule has 7 heteroatoms. The number of fused-ring (bicyclic) bond motifs is 2. The van der Waals surface area contributed by atoms with Crippen molar-refractivity contribution >= 4 is 17.5 Å². The molecule has 3 N–H and O–H groups in total. The van der Waals surface area contributed by atoms with Crippen LogP contribution in [0.5, 0.6) is 0 Å². The smallest absolute Gasteiger partial charge is 0.257 e. The lowest BCUT2D eigenvalue weighted by molar-refractivity contribution is -0.665. The number of anilines is 1. The zero-order chi connectivity index (χ0) is 17.6. The largest absolute Gasteiger partial charge is 0.343 e. The predicted octanol–water partition coefficient (Wildman–Crippen LogP) is 0.972. The first kappa shape index (κ1) is 15.7. The molecule has 0 aliphatic carbocycles. The Morgan fingerprint density at radius 1 is 1.08 bits per heavy atom. The van der Waals surface area contributed by atoms with Crippen LogP contribution < -0.4 is 10.6 Å². The van der Waals surface area contributed by atoms with Gasteiger partial charge in [-0.05, 0) is 29.8 Å². The van der Waals surface area contributed by atoms with E-state index in [0.29, 0.717) is 29.9 Å². The van der Waals surface area contributed by atoms with E-state index >= 15 is 0 Å². The molecule has 25 heavy (non-hydrogen) atoms. The van der Waals surface area contributed by atoms with E-state index in [1.165, 1.54) is 12.1 Å². The summed E-state index contributed by atoms with van der Waals surface area (Å²) in [4.78, 5) is 26.8. The van der Waals surface area contributed by atoms with E-state index in [0.717, 1.165) is 12.6 Å². The van der Waals surface area contributed by atoms with Crippen molar-refractivity contribution in [3.63, 3.8) is 0 Å². The molecule has 0 bridgehead atoms. The lowest BCUT2D eigenvalue weighted by Crippen LogP contribution is -2.92. The third-order valence-electron chi connectivity index (χ3n) is 4.65. The number of nitrogens with zero attached hydrogens (tertiary/aromatic N) is 1. The number of piperazine rings is 1. The van der Waals surface area contributed by atoms with Gasteiger partial charge < -0.3 is 15.5 Å². The zero-order valence-electron chi connectivity index (χ0n) is 13.3. The molecular weight excluding hydrogens is 328 g/mol. The fourth-order valence-electron chi connectivity index (χ4n) is 3.37. The first-order valence-corrected chi connectivity index (χ1v) is 8.07. The SMILES string of the molecule is O=C1Nc2ccc(-c3ccc(F)cc3F)cc2C(=O)N2CC[NH2+]C[C@@H]12. The maximum atomic E-state index is 14.1. The highest BCUT2D eigenvalue weighted by Crippen LogP contribution is 2.30. The Hall–Kier alpha value is -2.80. The van der Waals surface area contributed by atoms with Crippen molar-refractivity contribution in [2.45, 2.75) is 6.04 Å². The monoisotopic (exact) mass is 344 g/mol. The highest BCUT2D eigenvalue weighted by molar-refractivity contribution is 6.10. The second-order valence-corrected chi connectivity index (χ2v) is 6.20. The molecule has 1 saturated heterocycles.